The van der Waals surface area contributed by atoms with Crippen molar-refractivity contribution in [2.24, 2.45) is 5.73 Å². The summed E-state index contributed by atoms with van der Waals surface area (Å²) in [5.41, 5.74) is 6.05. The van der Waals surface area contributed by atoms with E-state index < -0.39 is 5.82 Å². The maximum Gasteiger partial charge on any atom is 0.261 e. The van der Waals surface area contributed by atoms with Crippen molar-refractivity contribution in [1.29, 1.82) is 0 Å². The first-order valence-corrected chi connectivity index (χ1v) is 6.04. The number of benzene rings is 1. The highest BCUT2D eigenvalue weighted by molar-refractivity contribution is 6.31. The third-order valence-corrected chi connectivity index (χ3v) is 2.85. The Morgan fingerprint density at radius 2 is 2.28 bits per heavy atom. The van der Waals surface area contributed by atoms with Crippen molar-refractivity contribution < 1.29 is 8.91 Å². The van der Waals surface area contributed by atoms with Crippen LogP contribution in [-0.2, 0) is 0 Å². The first-order valence-electron chi connectivity index (χ1n) is 5.67. The van der Waals surface area contributed by atoms with Crippen LogP contribution in [0.5, 0.6) is 0 Å². The molecule has 96 valence electrons. The highest BCUT2D eigenvalue weighted by Gasteiger charge is 2.18. The Kier molecular flexibility index (Phi) is 3.93. The zero-order valence-corrected chi connectivity index (χ0v) is 10.6. The molecule has 1 aromatic heterocycles. The Morgan fingerprint density at radius 3 is 3.00 bits per heavy atom. The fourth-order valence-corrected chi connectivity index (χ4v) is 1.78. The first-order chi connectivity index (χ1) is 8.63. The van der Waals surface area contributed by atoms with Gasteiger partial charge < -0.3 is 10.3 Å². The topological polar surface area (TPSA) is 64.9 Å². The number of aromatic nitrogens is 2. The molecule has 2 rings (SSSR count). The molecule has 2 N–H and O–H groups in total. The number of nitrogens with zero attached hydrogens (tertiary/aromatic N) is 2. The van der Waals surface area contributed by atoms with E-state index in [1.54, 1.807) is 6.07 Å². The summed E-state index contributed by atoms with van der Waals surface area (Å²) in [6, 6.07) is 4.32. The molecule has 0 saturated heterocycles. The summed E-state index contributed by atoms with van der Waals surface area (Å²) in [7, 11) is 0. The summed E-state index contributed by atoms with van der Waals surface area (Å²) in [6.07, 6.45) is 1.66. The van der Waals surface area contributed by atoms with E-state index in [0.29, 0.717) is 5.82 Å². The van der Waals surface area contributed by atoms with Gasteiger partial charge in [0.15, 0.2) is 11.6 Å². The second-order valence-electron chi connectivity index (χ2n) is 3.95. The van der Waals surface area contributed by atoms with E-state index in [1.165, 1.54) is 12.1 Å². The van der Waals surface area contributed by atoms with Gasteiger partial charge in [0, 0.05) is 0 Å². The normalized spacial score (nSPS) is 12.7. The summed E-state index contributed by atoms with van der Waals surface area (Å²) in [6.45, 7) is 2.01. The molecule has 6 heteroatoms. The fraction of sp³-hybridized carbons (Fsp3) is 0.333. The predicted molar refractivity (Wildman–Crippen MR) is 66.5 cm³/mol. The van der Waals surface area contributed by atoms with Crippen LogP contribution in [0.2, 0.25) is 5.02 Å². The number of halogens is 2. The van der Waals surface area contributed by atoms with Gasteiger partial charge in [-0.3, -0.25) is 0 Å². The number of nitrogens with two attached hydrogens (primary N) is 1. The first kappa shape index (κ1) is 13.0. The zero-order chi connectivity index (χ0) is 13.1. The summed E-state index contributed by atoms with van der Waals surface area (Å²) < 4.78 is 18.8. The molecule has 0 aliphatic heterocycles. The van der Waals surface area contributed by atoms with Crippen molar-refractivity contribution in [3.05, 3.63) is 34.9 Å². The van der Waals surface area contributed by atoms with Gasteiger partial charge in [0.1, 0.15) is 0 Å². The van der Waals surface area contributed by atoms with Gasteiger partial charge in [-0.1, -0.05) is 36.2 Å². The lowest BCUT2D eigenvalue weighted by molar-refractivity contribution is 0.411. The molecule has 4 nitrogen and oxygen atoms in total. The van der Waals surface area contributed by atoms with Crippen molar-refractivity contribution in [2.45, 2.75) is 25.8 Å². The van der Waals surface area contributed by atoms with Gasteiger partial charge in [0.25, 0.3) is 5.89 Å². The molecule has 2 aromatic rings. The average Bonchev–Trinajstić information content (AvgIpc) is 2.82. The molecule has 0 saturated carbocycles. The Hall–Kier alpha value is -1.46. The standard InChI is InChI=1S/C12H13ClFN3O/c1-2-4-9(15)11-16-12(18-17-11)7-5-3-6-8(13)10(7)14/h3,5-6,9H,2,4,15H2,1H3. The third-order valence-electron chi connectivity index (χ3n) is 2.56. The Balaban J connectivity index is 2.32. The number of hydrogen-bond donors (Lipinski definition) is 1. The number of hydrogen-bond acceptors (Lipinski definition) is 4. The van der Waals surface area contributed by atoms with Gasteiger partial charge in [-0.05, 0) is 18.6 Å². The van der Waals surface area contributed by atoms with E-state index >= 15 is 0 Å². The lowest BCUT2D eigenvalue weighted by Gasteiger charge is -2.02. The molecule has 0 fully saturated rings. The molecule has 1 unspecified atom stereocenters. The SMILES string of the molecule is CCCC(N)c1noc(-c2cccc(Cl)c2F)n1. The largest absolute Gasteiger partial charge is 0.334 e. The van der Waals surface area contributed by atoms with Gasteiger partial charge in [-0.2, -0.15) is 4.98 Å². The van der Waals surface area contributed by atoms with E-state index in [-0.39, 0.29) is 22.5 Å². The summed E-state index contributed by atoms with van der Waals surface area (Å²) in [5, 5.41) is 3.78. The van der Waals surface area contributed by atoms with E-state index in [9.17, 15) is 4.39 Å². The molecular formula is C12H13ClFN3O. The van der Waals surface area contributed by atoms with E-state index in [0.717, 1.165) is 12.8 Å². The lowest BCUT2D eigenvalue weighted by Crippen LogP contribution is -2.11. The molecule has 18 heavy (non-hydrogen) atoms. The molecule has 0 radical (unpaired) electrons. The van der Waals surface area contributed by atoms with Gasteiger partial charge in [0.05, 0.1) is 16.6 Å². The molecule has 0 amide bonds. The van der Waals surface area contributed by atoms with Crippen LogP contribution in [0, 0.1) is 5.82 Å². The van der Waals surface area contributed by atoms with Gasteiger partial charge in [-0.15, -0.1) is 0 Å². The quantitative estimate of drug-likeness (QED) is 0.925. The molecular weight excluding hydrogens is 257 g/mol. The second-order valence-corrected chi connectivity index (χ2v) is 4.36. The smallest absolute Gasteiger partial charge is 0.261 e. The Morgan fingerprint density at radius 1 is 1.50 bits per heavy atom. The molecule has 1 heterocycles. The molecule has 1 atom stereocenters. The second kappa shape index (κ2) is 5.46. The van der Waals surface area contributed by atoms with E-state index in [4.69, 9.17) is 21.9 Å². The maximum absolute atomic E-state index is 13.8. The van der Waals surface area contributed by atoms with Gasteiger partial charge >= 0.3 is 0 Å². The lowest BCUT2D eigenvalue weighted by atomic mass is 10.1. The molecule has 0 aliphatic rings. The van der Waals surface area contributed by atoms with Crippen LogP contribution in [0.1, 0.15) is 31.6 Å². The third kappa shape index (κ3) is 2.52. The van der Waals surface area contributed by atoms with Crippen LogP contribution in [0.15, 0.2) is 22.7 Å². The summed E-state index contributed by atoms with van der Waals surface area (Å²) >= 11 is 5.69. The van der Waals surface area contributed by atoms with Crippen LogP contribution in [-0.4, -0.2) is 10.1 Å². The average molecular weight is 270 g/mol. The Labute approximate surface area is 109 Å². The monoisotopic (exact) mass is 269 g/mol. The maximum atomic E-state index is 13.8. The summed E-state index contributed by atoms with van der Waals surface area (Å²) in [4.78, 5) is 4.10. The highest BCUT2D eigenvalue weighted by atomic mass is 35.5. The highest BCUT2D eigenvalue weighted by Crippen LogP contribution is 2.27. The van der Waals surface area contributed by atoms with Crippen molar-refractivity contribution in [3.8, 4) is 11.5 Å². The predicted octanol–water partition coefficient (Wildman–Crippen LogP) is 3.33. The molecule has 0 aliphatic carbocycles. The minimum absolute atomic E-state index is 0.0186. The minimum Gasteiger partial charge on any atom is -0.334 e. The van der Waals surface area contributed by atoms with Crippen LogP contribution in [0.4, 0.5) is 4.39 Å². The fourth-order valence-electron chi connectivity index (χ4n) is 1.60. The van der Waals surface area contributed by atoms with Crippen molar-refractivity contribution in [1.82, 2.24) is 10.1 Å². The summed E-state index contributed by atoms with van der Waals surface area (Å²) in [5.74, 6) is -0.0961. The Bertz CT molecular complexity index is 544. The molecule has 1 aromatic carbocycles. The van der Waals surface area contributed by atoms with Crippen LogP contribution >= 0.6 is 11.6 Å². The zero-order valence-electron chi connectivity index (χ0n) is 9.86. The van der Waals surface area contributed by atoms with Gasteiger partial charge in [-0.25, -0.2) is 4.39 Å². The minimum atomic E-state index is -0.571. The van der Waals surface area contributed by atoms with E-state index in [2.05, 4.69) is 10.1 Å². The van der Waals surface area contributed by atoms with Crippen molar-refractivity contribution in [2.75, 3.05) is 0 Å². The van der Waals surface area contributed by atoms with Crippen LogP contribution in [0.25, 0.3) is 11.5 Å². The van der Waals surface area contributed by atoms with E-state index in [1.807, 2.05) is 6.92 Å². The number of rotatable bonds is 4. The van der Waals surface area contributed by atoms with Crippen LogP contribution < -0.4 is 5.73 Å². The molecule has 0 spiro atoms. The van der Waals surface area contributed by atoms with Gasteiger partial charge in [0.2, 0.25) is 0 Å². The van der Waals surface area contributed by atoms with Crippen molar-refractivity contribution in [3.63, 3.8) is 0 Å². The van der Waals surface area contributed by atoms with Crippen molar-refractivity contribution >= 4 is 11.6 Å². The van der Waals surface area contributed by atoms with Crippen LogP contribution in [0.3, 0.4) is 0 Å². The molecule has 0 bridgehead atoms.